The van der Waals surface area contributed by atoms with Crippen LogP contribution in [0.2, 0.25) is 20.1 Å². The molecule has 1 saturated heterocycles. The quantitative estimate of drug-likeness (QED) is 0.418. The molecule has 1 aliphatic heterocycles. The number of carbonyl (C=O) groups excluding carboxylic acids is 1. The third-order valence-electron chi connectivity index (χ3n) is 5.42. The van der Waals surface area contributed by atoms with E-state index >= 15 is 0 Å². The molecule has 0 saturated carbocycles. The minimum absolute atomic E-state index is 0.131. The smallest absolute Gasteiger partial charge is 0.256 e. The van der Waals surface area contributed by atoms with Crippen LogP contribution in [-0.4, -0.2) is 30.4 Å². The summed E-state index contributed by atoms with van der Waals surface area (Å²) in [5.41, 5.74) is 8.65. The van der Waals surface area contributed by atoms with Crippen LogP contribution in [0.25, 0.3) is 0 Å². The van der Waals surface area contributed by atoms with Crippen LogP contribution in [0.4, 0.5) is 11.4 Å². The number of halogens is 4. The maximum Gasteiger partial charge on any atom is 0.256 e. The van der Waals surface area contributed by atoms with Gasteiger partial charge in [0.25, 0.3) is 5.91 Å². The van der Waals surface area contributed by atoms with Gasteiger partial charge in [0.2, 0.25) is 0 Å². The molecule has 1 atom stereocenters. The first-order valence-corrected chi connectivity index (χ1v) is 11.2. The topological polar surface area (TPSA) is 49.6 Å². The van der Waals surface area contributed by atoms with Crippen molar-refractivity contribution in [2.24, 2.45) is 0 Å². The molecule has 0 bridgehead atoms. The summed E-state index contributed by atoms with van der Waals surface area (Å²) in [7, 11) is 0. The fraction of sp³-hybridized carbons (Fsp3) is 0.174. The number of anilines is 2. The number of hydrogen-bond acceptors (Lipinski definition) is 3. The van der Waals surface area contributed by atoms with Crippen LogP contribution in [0.3, 0.4) is 0 Å². The van der Waals surface area contributed by atoms with Crippen LogP contribution >= 0.6 is 46.4 Å². The molecule has 1 fully saturated rings. The van der Waals surface area contributed by atoms with Crippen LogP contribution < -0.4 is 10.6 Å². The summed E-state index contributed by atoms with van der Waals surface area (Å²) in [5, 5.41) is 2.15. The number of benzene rings is 3. The van der Waals surface area contributed by atoms with Crippen LogP contribution in [0, 0.1) is 0 Å². The summed E-state index contributed by atoms with van der Waals surface area (Å²) < 4.78 is 0. The predicted octanol–water partition coefficient (Wildman–Crippen LogP) is 6.59. The van der Waals surface area contributed by atoms with Crippen molar-refractivity contribution >= 4 is 63.7 Å². The Labute approximate surface area is 201 Å². The average Bonchev–Trinajstić information content (AvgIpc) is 2.76. The highest BCUT2D eigenvalue weighted by Gasteiger charge is 2.33. The number of nitrogens with zero attached hydrogens (tertiary/aromatic N) is 2. The first-order chi connectivity index (χ1) is 14.8. The molecule has 4 nitrogen and oxygen atoms in total. The Balaban J connectivity index is 1.69. The highest BCUT2D eigenvalue weighted by molar-refractivity contribution is 6.36. The zero-order valence-electron chi connectivity index (χ0n) is 16.4. The summed E-state index contributed by atoms with van der Waals surface area (Å²) in [6.07, 6.45) is 0. The van der Waals surface area contributed by atoms with Gasteiger partial charge in [-0.25, -0.2) is 0 Å². The van der Waals surface area contributed by atoms with Crippen molar-refractivity contribution in [3.8, 4) is 0 Å². The molecule has 0 radical (unpaired) electrons. The van der Waals surface area contributed by atoms with E-state index in [1.165, 1.54) is 0 Å². The largest absolute Gasteiger partial charge is 0.397 e. The number of para-hydroxylation sites is 1. The predicted molar refractivity (Wildman–Crippen MR) is 130 cm³/mol. The first-order valence-electron chi connectivity index (χ1n) is 9.65. The lowest BCUT2D eigenvalue weighted by Gasteiger charge is -2.43. The van der Waals surface area contributed by atoms with E-state index in [1.54, 1.807) is 29.2 Å². The highest BCUT2D eigenvalue weighted by Crippen LogP contribution is 2.37. The Morgan fingerprint density at radius 3 is 2.29 bits per heavy atom. The monoisotopic (exact) mass is 493 g/mol. The zero-order chi connectivity index (χ0) is 22.1. The summed E-state index contributed by atoms with van der Waals surface area (Å²) in [6, 6.07) is 18.0. The van der Waals surface area contributed by atoms with Gasteiger partial charge in [-0.15, -0.1) is 0 Å². The Morgan fingerprint density at radius 2 is 1.58 bits per heavy atom. The van der Waals surface area contributed by atoms with Crippen LogP contribution in [0.1, 0.15) is 22.0 Å². The minimum Gasteiger partial charge on any atom is -0.397 e. The molecule has 0 spiro atoms. The molecule has 4 rings (SSSR count). The van der Waals surface area contributed by atoms with Crippen molar-refractivity contribution in [3.05, 3.63) is 91.9 Å². The lowest BCUT2D eigenvalue weighted by atomic mass is 10.0. The van der Waals surface area contributed by atoms with Crippen LogP contribution in [0.5, 0.6) is 0 Å². The molecule has 8 heteroatoms. The van der Waals surface area contributed by atoms with E-state index in [4.69, 9.17) is 52.1 Å². The summed E-state index contributed by atoms with van der Waals surface area (Å²) in [6.45, 7) is 1.54. The third kappa shape index (κ3) is 4.58. The van der Waals surface area contributed by atoms with E-state index in [-0.39, 0.29) is 11.9 Å². The molecule has 1 amide bonds. The molecule has 3 aromatic rings. The van der Waals surface area contributed by atoms with Gasteiger partial charge in [-0.3, -0.25) is 4.79 Å². The van der Waals surface area contributed by atoms with Gasteiger partial charge in [0.15, 0.2) is 0 Å². The van der Waals surface area contributed by atoms with E-state index in [9.17, 15) is 4.79 Å². The van der Waals surface area contributed by atoms with Gasteiger partial charge in [0.1, 0.15) is 0 Å². The lowest BCUT2D eigenvalue weighted by molar-refractivity contribution is 0.0723. The summed E-state index contributed by atoms with van der Waals surface area (Å²) in [4.78, 5) is 17.2. The molecule has 1 unspecified atom stereocenters. The molecular formula is C23H19Cl4N3O. The number of piperazine rings is 1. The van der Waals surface area contributed by atoms with E-state index in [1.807, 2.05) is 36.4 Å². The van der Waals surface area contributed by atoms with Crippen molar-refractivity contribution in [1.29, 1.82) is 0 Å². The molecular weight excluding hydrogens is 476 g/mol. The standard InChI is InChI=1S/C23H19Cl4N3O/c24-15-6-4-14(5-7-15)21-13-29(23(31)17-2-1-3-18(26)22(17)28)10-11-30(21)20-9-8-16(25)12-19(20)27/h1-9,12,21H,10-11,13,28H2. The fourth-order valence-electron chi connectivity index (χ4n) is 3.83. The highest BCUT2D eigenvalue weighted by atomic mass is 35.5. The maximum atomic E-state index is 13.3. The normalized spacial score (nSPS) is 16.5. The van der Waals surface area contributed by atoms with Crippen molar-refractivity contribution in [3.63, 3.8) is 0 Å². The maximum absolute atomic E-state index is 13.3. The van der Waals surface area contributed by atoms with Gasteiger partial charge in [-0.1, -0.05) is 64.6 Å². The Bertz CT molecular complexity index is 1120. The van der Waals surface area contributed by atoms with Crippen molar-refractivity contribution in [1.82, 2.24) is 4.90 Å². The number of hydrogen-bond donors (Lipinski definition) is 1. The zero-order valence-corrected chi connectivity index (χ0v) is 19.4. The second-order valence-electron chi connectivity index (χ2n) is 7.31. The van der Waals surface area contributed by atoms with Gasteiger partial charge >= 0.3 is 0 Å². The molecule has 2 N–H and O–H groups in total. The number of carbonyl (C=O) groups is 1. The molecule has 31 heavy (non-hydrogen) atoms. The SMILES string of the molecule is Nc1c(Cl)cccc1C(=O)N1CCN(c2ccc(Cl)cc2Cl)C(c2ccc(Cl)cc2)C1. The minimum atomic E-state index is -0.152. The fourth-order valence-corrected chi connectivity index (χ4v) is 4.65. The van der Waals surface area contributed by atoms with E-state index in [0.717, 1.165) is 11.3 Å². The second kappa shape index (κ2) is 9.17. The molecule has 1 heterocycles. The van der Waals surface area contributed by atoms with Gasteiger partial charge in [0.05, 0.1) is 33.0 Å². The summed E-state index contributed by atoms with van der Waals surface area (Å²) >= 11 is 24.8. The van der Waals surface area contributed by atoms with Crippen LogP contribution in [-0.2, 0) is 0 Å². The van der Waals surface area contributed by atoms with Gasteiger partial charge < -0.3 is 15.5 Å². The lowest BCUT2D eigenvalue weighted by Crippen LogP contribution is -2.50. The molecule has 3 aromatic carbocycles. The number of nitrogen functional groups attached to an aromatic ring is 1. The summed E-state index contributed by atoms with van der Waals surface area (Å²) in [5.74, 6) is -0.152. The van der Waals surface area contributed by atoms with Gasteiger partial charge in [0, 0.05) is 29.7 Å². The molecule has 160 valence electrons. The second-order valence-corrected chi connectivity index (χ2v) is 9.00. The number of nitrogens with two attached hydrogens (primary N) is 1. The third-order valence-corrected chi connectivity index (χ3v) is 6.54. The Hall–Kier alpha value is -2.11. The number of amides is 1. The Morgan fingerprint density at radius 1 is 0.871 bits per heavy atom. The van der Waals surface area contributed by atoms with Crippen molar-refractivity contribution in [2.45, 2.75) is 6.04 Å². The average molecular weight is 495 g/mol. The van der Waals surface area contributed by atoms with Gasteiger partial charge in [-0.2, -0.15) is 0 Å². The van der Waals surface area contributed by atoms with E-state index in [2.05, 4.69) is 4.90 Å². The van der Waals surface area contributed by atoms with Crippen molar-refractivity contribution in [2.75, 3.05) is 30.3 Å². The number of rotatable bonds is 3. The van der Waals surface area contributed by atoms with Crippen LogP contribution in [0.15, 0.2) is 60.7 Å². The molecule has 1 aliphatic rings. The molecule has 0 aromatic heterocycles. The molecule has 0 aliphatic carbocycles. The van der Waals surface area contributed by atoms with Crippen molar-refractivity contribution < 1.29 is 4.79 Å². The van der Waals surface area contributed by atoms with E-state index < -0.39 is 0 Å². The Kier molecular flexibility index (Phi) is 6.54. The first kappa shape index (κ1) is 22.1. The van der Waals surface area contributed by atoms with E-state index in [0.29, 0.717) is 51.0 Å². The van der Waals surface area contributed by atoms with Gasteiger partial charge in [-0.05, 0) is 48.0 Å².